The first-order valence-electron chi connectivity index (χ1n) is 9.78. The summed E-state index contributed by atoms with van der Waals surface area (Å²) in [6.07, 6.45) is 4.38. The largest absolute Gasteiger partial charge is 0.492 e. The molecule has 1 atom stereocenters. The molecule has 5 nitrogen and oxygen atoms in total. The van der Waals surface area contributed by atoms with Gasteiger partial charge in [0.1, 0.15) is 11.3 Å². The van der Waals surface area contributed by atoms with Gasteiger partial charge in [0.2, 0.25) is 0 Å². The van der Waals surface area contributed by atoms with Crippen LogP contribution in [0.15, 0.2) is 65.6 Å². The van der Waals surface area contributed by atoms with Crippen LogP contribution >= 0.6 is 0 Å². The predicted molar refractivity (Wildman–Crippen MR) is 111 cm³/mol. The first-order valence-corrected chi connectivity index (χ1v) is 9.78. The second-order valence-electron chi connectivity index (χ2n) is 6.76. The van der Waals surface area contributed by atoms with Gasteiger partial charge in [-0.05, 0) is 42.7 Å². The SMILES string of the molecule is CCCCOc1ccc2ccc(C(=O)NC(CC)c3ccccc3)c(=O)n2c1. The predicted octanol–water partition coefficient (Wildman–Crippen LogP) is 4.36. The molecule has 1 amide bonds. The molecule has 1 N–H and O–H groups in total. The fraction of sp³-hybridized carbons (Fsp3) is 0.304. The van der Waals surface area contributed by atoms with Gasteiger partial charge in [-0.1, -0.05) is 50.6 Å². The summed E-state index contributed by atoms with van der Waals surface area (Å²) in [4.78, 5) is 25.7. The molecule has 28 heavy (non-hydrogen) atoms. The molecule has 1 aromatic carbocycles. The van der Waals surface area contributed by atoms with Crippen molar-refractivity contribution in [2.45, 2.75) is 39.2 Å². The van der Waals surface area contributed by atoms with Crippen LogP contribution in [0.25, 0.3) is 5.52 Å². The average Bonchev–Trinajstić information content (AvgIpc) is 2.73. The zero-order valence-corrected chi connectivity index (χ0v) is 16.4. The molecule has 2 aromatic heterocycles. The number of fused-ring (bicyclic) bond motifs is 1. The molecule has 1 unspecified atom stereocenters. The standard InChI is InChI=1S/C23H26N2O3/c1-3-5-15-28-19-13-11-18-12-14-20(23(27)25(18)16-19)22(26)24-21(4-2)17-9-7-6-8-10-17/h6-14,16,21H,3-5,15H2,1-2H3,(H,24,26). The third kappa shape index (κ3) is 4.42. The normalized spacial score (nSPS) is 11.9. The van der Waals surface area contributed by atoms with Gasteiger partial charge < -0.3 is 10.1 Å². The van der Waals surface area contributed by atoms with E-state index >= 15 is 0 Å². The minimum Gasteiger partial charge on any atom is -0.492 e. The minimum absolute atomic E-state index is 0.123. The van der Waals surface area contributed by atoms with E-state index in [0.717, 1.165) is 30.3 Å². The Kier molecular flexibility index (Phi) is 6.48. The van der Waals surface area contributed by atoms with E-state index in [0.29, 0.717) is 12.4 Å². The maximum atomic E-state index is 12.9. The van der Waals surface area contributed by atoms with Crippen molar-refractivity contribution in [1.29, 1.82) is 0 Å². The number of pyridine rings is 2. The van der Waals surface area contributed by atoms with Crippen LogP contribution in [0.2, 0.25) is 0 Å². The zero-order chi connectivity index (χ0) is 19.9. The van der Waals surface area contributed by atoms with Gasteiger partial charge in [0, 0.05) is 5.52 Å². The van der Waals surface area contributed by atoms with Gasteiger partial charge in [0.05, 0.1) is 18.8 Å². The Hall–Kier alpha value is -3.08. The maximum Gasteiger partial charge on any atom is 0.268 e. The van der Waals surface area contributed by atoms with E-state index < -0.39 is 0 Å². The summed E-state index contributed by atoms with van der Waals surface area (Å²) < 4.78 is 7.16. The summed E-state index contributed by atoms with van der Waals surface area (Å²) in [7, 11) is 0. The highest BCUT2D eigenvalue weighted by molar-refractivity contribution is 5.94. The molecule has 3 rings (SSSR count). The number of hydrogen-bond donors (Lipinski definition) is 1. The lowest BCUT2D eigenvalue weighted by Crippen LogP contribution is -2.33. The highest BCUT2D eigenvalue weighted by Gasteiger charge is 2.17. The Balaban J connectivity index is 1.86. The maximum absolute atomic E-state index is 12.9. The molecular weight excluding hydrogens is 352 g/mol. The van der Waals surface area contributed by atoms with Gasteiger partial charge in [0.15, 0.2) is 0 Å². The van der Waals surface area contributed by atoms with Crippen molar-refractivity contribution in [3.05, 3.63) is 82.3 Å². The summed E-state index contributed by atoms with van der Waals surface area (Å²) >= 11 is 0. The first-order chi connectivity index (χ1) is 13.6. The Morgan fingerprint density at radius 3 is 2.54 bits per heavy atom. The molecule has 5 heteroatoms. The van der Waals surface area contributed by atoms with E-state index in [1.165, 1.54) is 4.40 Å². The van der Waals surface area contributed by atoms with Crippen LogP contribution in [0.1, 0.15) is 55.1 Å². The first kappa shape index (κ1) is 19.7. The van der Waals surface area contributed by atoms with Gasteiger partial charge in [-0.25, -0.2) is 0 Å². The van der Waals surface area contributed by atoms with Crippen molar-refractivity contribution < 1.29 is 9.53 Å². The Bertz CT molecular complexity index is 996. The van der Waals surface area contributed by atoms with Crippen molar-refractivity contribution in [2.24, 2.45) is 0 Å². The van der Waals surface area contributed by atoms with Crippen LogP contribution in [-0.4, -0.2) is 16.9 Å². The quantitative estimate of drug-likeness (QED) is 0.593. The molecule has 3 aromatic rings. The highest BCUT2D eigenvalue weighted by atomic mass is 16.5. The van der Waals surface area contributed by atoms with E-state index in [1.807, 2.05) is 49.4 Å². The number of aromatic nitrogens is 1. The lowest BCUT2D eigenvalue weighted by molar-refractivity contribution is 0.0934. The monoisotopic (exact) mass is 378 g/mol. The summed E-state index contributed by atoms with van der Waals surface area (Å²) in [6.45, 7) is 4.70. The van der Waals surface area contributed by atoms with Gasteiger partial charge in [-0.2, -0.15) is 0 Å². The van der Waals surface area contributed by atoms with Gasteiger partial charge in [0.25, 0.3) is 11.5 Å². The summed E-state index contributed by atoms with van der Waals surface area (Å²) in [5, 5.41) is 2.98. The van der Waals surface area contributed by atoms with Crippen LogP contribution in [0.4, 0.5) is 0 Å². The van der Waals surface area contributed by atoms with Gasteiger partial charge in [-0.15, -0.1) is 0 Å². The molecule has 0 radical (unpaired) electrons. The molecule has 0 fully saturated rings. The fourth-order valence-electron chi connectivity index (χ4n) is 3.11. The second-order valence-corrected chi connectivity index (χ2v) is 6.76. The molecule has 2 heterocycles. The second kappa shape index (κ2) is 9.22. The molecule has 0 aliphatic carbocycles. The third-order valence-electron chi connectivity index (χ3n) is 4.75. The van der Waals surface area contributed by atoms with Crippen LogP contribution in [0, 0.1) is 0 Å². The van der Waals surface area contributed by atoms with Gasteiger partial charge in [-0.3, -0.25) is 14.0 Å². The Labute approximate surface area is 165 Å². The van der Waals surface area contributed by atoms with E-state index in [1.54, 1.807) is 18.3 Å². The molecule has 0 saturated heterocycles. The van der Waals surface area contributed by atoms with Crippen molar-refractivity contribution in [1.82, 2.24) is 9.72 Å². The van der Waals surface area contributed by atoms with E-state index in [2.05, 4.69) is 12.2 Å². The molecule has 0 spiro atoms. The third-order valence-corrected chi connectivity index (χ3v) is 4.75. The number of ether oxygens (including phenoxy) is 1. The minimum atomic E-state index is -0.368. The summed E-state index contributed by atoms with van der Waals surface area (Å²) in [5.74, 6) is 0.253. The lowest BCUT2D eigenvalue weighted by Gasteiger charge is -2.17. The number of rotatable bonds is 8. The summed E-state index contributed by atoms with van der Waals surface area (Å²) in [5.41, 5.74) is 1.52. The van der Waals surface area contributed by atoms with Gasteiger partial charge >= 0.3 is 0 Å². The zero-order valence-electron chi connectivity index (χ0n) is 16.4. The van der Waals surface area contributed by atoms with Crippen molar-refractivity contribution in [3.8, 4) is 5.75 Å². The van der Waals surface area contributed by atoms with Crippen molar-refractivity contribution in [3.63, 3.8) is 0 Å². The average molecular weight is 378 g/mol. The number of carbonyl (C=O) groups is 1. The number of nitrogens with zero attached hydrogens (tertiary/aromatic N) is 1. The van der Waals surface area contributed by atoms with Crippen LogP contribution in [-0.2, 0) is 0 Å². The van der Waals surface area contributed by atoms with E-state index in [4.69, 9.17) is 4.74 Å². The molecule has 0 aliphatic heterocycles. The van der Waals surface area contributed by atoms with Crippen molar-refractivity contribution in [2.75, 3.05) is 6.61 Å². The van der Waals surface area contributed by atoms with Crippen LogP contribution in [0.5, 0.6) is 5.75 Å². The van der Waals surface area contributed by atoms with Crippen LogP contribution < -0.4 is 15.6 Å². The number of benzene rings is 1. The number of carbonyl (C=O) groups excluding carboxylic acids is 1. The Morgan fingerprint density at radius 1 is 1.07 bits per heavy atom. The highest BCUT2D eigenvalue weighted by Crippen LogP contribution is 2.17. The fourth-order valence-corrected chi connectivity index (χ4v) is 3.11. The number of nitrogens with one attached hydrogen (secondary N) is 1. The number of hydrogen-bond acceptors (Lipinski definition) is 3. The smallest absolute Gasteiger partial charge is 0.268 e. The summed E-state index contributed by atoms with van der Waals surface area (Å²) in [6, 6.07) is 16.6. The molecule has 0 bridgehead atoms. The van der Waals surface area contributed by atoms with E-state index in [9.17, 15) is 9.59 Å². The number of amides is 1. The molecule has 146 valence electrons. The topological polar surface area (TPSA) is 59.8 Å². The lowest BCUT2D eigenvalue weighted by atomic mass is 10.0. The van der Waals surface area contributed by atoms with Crippen molar-refractivity contribution >= 4 is 11.4 Å². The molecule has 0 aliphatic rings. The Morgan fingerprint density at radius 2 is 1.82 bits per heavy atom. The molecular formula is C23H26N2O3. The number of unbranched alkanes of at least 4 members (excludes halogenated alkanes) is 1. The van der Waals surface area contributed by atoms with E-state index in [-0.39, 0.29) is 23.1 Å². The van der Waals surface area contributed by atoms with Crippen LogP contribution in [0.3, 0.4) is 0 Å². The molecule has 0 saturated carbocycles.